The molecule has 1 aromatic rings. The number of nitrogens with zero attached hydrogens (tertiary/aromatic N) is 1. The zero-order valence-electron chi connectivity index (χ0n) is 10.8. The molecule has 1 amide bonds. The highest BCUT2D eigenvalue weighted by Gasteiger charge is 2.20. The number of ether oxygens (including phenoxy) is 1. The normalized spacial score (nSPS) is 13.9. The first-order chi connectivity index (χ1) is 8.53. The third-order valence-corrected chi connectivity index (χ3v) is 2.63. The van der Waals surface area contributed by atoms with Crippen LogP contribution in [0.4, 0.5) is 0 Å². The van der Waals surface area contributed by atoms with Crippen molar-refractivity contribution in [2.24, 2.45) is 0 Å². The maximum absolute atomic E-state index is 11.7. The number of pyridine rings is 1. The fourth-order valence-corrected chi connectivity index (χ4v) is 1.45. The third kappa shape index (κ3) is 5.75. The first-order valence-corrected chi connectivity index (χ1v) is 5.90. The van der Waals surface area contributed by atoms with E-state index in [9.17, 15) is 9.90 Å². The number of hydrogen-bond acceptors (Lipinski definition) is 4. The van der Waals surface area contributed by atoms with Crippen molar-refractivity contribution in [2.45, 2.75) is 25.4 Å². The maximum Gasteiger partial charge on any atom is 0.224 e. The second kappa shape index (κ2) is 7.08. The fourth-order valence-electron chi connectivity index (χ4n) is 1.45. The molecule has 0 saturated heterocycles. The van der Waals surface area contributed by atoms with Crippen molar-refractivity contribution >= 4 is 5.91 Å². The summed E-state index contributed by atoms with van der Waals surface area (Å²) in [6.45, 7) is 2.37. The maximum atomic E-state index is 11.7. The van der Waals surface area contributed by atoms with Gasteiger partial charge in [-0.05, 0) is 24.6 Å². The second-order valence-corrected chi connectivity index (χ2v) is 4.55. The standard InChI is InChI=1S/C13H20N2O3/c1-13(17,5-8-18-2)10-15-12(16)9-11-3-6-14-7-4-11/h3-4,6-7,17H,5,8-10H2,1-2H3,(H,15,16). The lowest BCUT2D eigenvalue weighted by Gasteiger charge is -2.23. The van der Waals surface area contributed by atoms with Crippen LogP contribution >= 0.6 is 0 Å². The molecule has 0 aliphatic carbocycles. The van der Waals surface area contributed by atoms with Crippen LogP contribution < -0.4 is 5.32 Å². The lowest BCUT2D eigenvalue weighted by molar-refractivity contribution is -0.121. The average Bonchev–Trinajstić information content (AvgIpc) is 2.36. The Morgan fingerprint density at radius 2 is 2.17 bits per heavy atom. The van der Waals surface area contributed by atoms with Gasteiger partial charge in [-0.15, -0.1) is 0 Å². The average molecular weight is 252 g/mol. The molecule has 1 atom stereocenters. The number of aromatic nitrogens is 1. The van der Waals surface area contributed by atoms with E-state index in [1.54, 1.807) is 38.6 Å². The van der Waals surface area contributed by atoms with Crippen LogP contribution in [0.5, 0.6) is 0 Å². The van der Waals surface area contributed by atoms with E-state index in [1.807, 2.05) is 0 Å². The molecule has 0 radical (unpaired) electrons. The topological polar surface area (TPSA) is 71.5 Å². The number of carbonyl (C=O) groups is 1. The van der Waals surface area contributed by atoms with E-state index in [1.165, 1.54) is 0 Å². The minimum atomic E-state index is -0.941. The van der Waals surface area contributed by atoms with Crippen LogP contribution in [0, 0.1) is 0 Å². The van der Waals surface area contributed by atoms with Crippen LogP contribution in [0.1, 0.15) is 18.9 Å². The van der Waals surface area contributed by atoms with Crippen molar-refractivity contribution in [3.63, 3.8) is 0 Å². The Hall–Kier alpha value is -1.46. The Labute approximate surface area is 107 Å². The molecule has 0 aromatic carbocycles. The van der Waals surface area contributed by atoms with Gasteiger partial charge < -0.3 is 15.2 Å². The molecule has 0 aliphatic heterocycles. The van der Waals surface area contributed by atoms with E-state index in [4.69, 9.17) is 4.74 Å². The zero-order valence-corrected chi connectivity index (χ0v) is 10.8. The van der Waals surface area contributed by atoms with Crippen molar-refractivity contribution < 1.29 is 14.6 Å². The summed E-state index contributed by atoms with van der Waals surface area (Å²) in [4.78, 5) is 15.5. The van der Waals surface area contributed by atoms with Gasteiger partial charge in [-0.3, -0.25) is 9.78 Å². The molecular formula is C13H20N2O3. The Morgan fingerprint density at radius 3 is 2.78 bits per heavy atom. The van der Waals surface area contributed by atoms with Gasteiger partial charge in [0.05, 0.1) is 12.0 Å². The molecule has 0 spiro atoms. The van der Waals surface area contributed by atoms with Crippen LogP contribution in [0.3, 0.4) is 0 Å². The predicted molar refractivity (Wildman–Crippen MR) is 68.1 cm³/mol. The number of methoxy groups -OCH3 is 1. The molecule has 18 heavy (non-hydrogen) atoms. The highest BCUT2D eigenvalue weighted by molar-refractivity contribution is 5.78. The van der Waals surface area contributed by atoms with Gasteiger partial charge >= 0.3 is 0 Å². The number of nitrogens with one attached hydrogen (secondary N) is 1. The van der Waals surface area contributed by atoms with Crippen molar-refractivity contribution in [1.82, 2.24) is 10.3 Å². The van der Waals surface area contributed by atoms with Crippen LogP contribution in [-0.2, 0) is 16.0 Å². The molecule has 1 rings (SSSR count). The predicted octanol–water partition coefficient (Wildman–Crippen LogP) is 0.528. The van der Waals surface area contributed by atoms with Crippen molar-refractivity contribution in [3.05, 3.63) is 30.1 Å². The summed E-state index contributed by atoms with van der Waals surface area (Å²) in [5.74, 6) is -0.112. The zero-order chi connectivity index (χ0) is 13.4. The monoisotopic (exact) mass is 252 g/mol. The van der Waals surface area contributed by atoms with E-state index in [0.717, 1.165) is 5.56 Å². The lowest BCUT2D eigenvalue weighted by Crippen LogP contribution is -2.41. The fraction of sp³-hybridized carbons (Fsp3) is 0.538. The van der Waals surface area contributed by atoms with Gasteiger partial charge in [-0.1, -0.05) is 0 Å². The Balaban J connectivity index is 2.33. The molecule has 0 fully saturated rings. The minimum absolute atomic E-state index is 0.112. The molecule has 0 aliphatic rings. The highest BCUT2D eigenvalue weighted by atomic mass is 16.5. The van der Waals surface area contributed by atoms with E-state index in [-0.39, 0.29) is 12.5 Å². The summed E-state index contributed by atoms with van der Waals surface area (Å²) < 4.78 is 4.90. The number of amides is 1. The molecule has 5 heteroatoms. The number of aliphatic hydroxyl groups is 1. The Morgan fingerprint density at radius 1 is 1.50 bits per heavy atom. The van der Waals surface area contributed by atoms with Gasteiger partial charge in [0.25, 0.3) is 0 Å². The molecule has 5 nitrogen and oxygen atoms in total. The molecule has 2 N–H and O–H groups in total. The SMILES string of the molecule is COCCC(C)(O)CNC(=O)Cc1ccncc1. The molecule has 1 heterocycles. The summed E-state index contributed by atoms with van der Waals surface area (Å²) in [6.07, 6.45) is 4.08. The smallest absolute Gasteiger partial charge is 0.224 e. The Bertz CT molecular complexity index is 366. The van der Waals surface area contributed by atoms with E-state index < -0.39 is 5.60 Å². The van der Waals surface area contributed by atoms with Crippen molar-refractivity contribution in [1.29, 1.82) is 0 Å². The number of hydrogen-bond donors (Lipinski definition) is 2. The van der Waals surface area contributed by atoms with Crippen molar-refractivity contribution in [3.8, 4) is 0 Å². The Kier molecular flexibility index (Phi) is 5.74. The summed E-state index contributed by atoms with van der Waals surface area (Å²) >= 11 is 0. The number of carbonyl (C=O) groups excluding carboxylic acids is 1. The van der Waals surface area contributed by atoms with Crippen molar-refractivity contribution in [2.75, 3.05) is 20.3 Å². The second-order valence-electron chi connectivity index (χ2n) is 4.55. The minimum Gasteiger partial charge on any atom is -0.388 e. The molecule has 0 saturated carbocycles. The van der Waals surface area contributed by atoms with E-state index >= 15 is 0 Å². The quantitative estimate of drug-likeness (QED) is 0.742. The summed E-state index contributed by atoms with van der Waals surface area (Å²) in [5, 5.41) is 12.7. The summed E-state index contributed by atoms with van der Waals surface area (Å²) in [5.41, 5.74) is -0.0387. The van der Waals surface area contributed by atoms with E-state index in [2.05, 4.69) is 10.3 Å². The van der Waals surface area contributed by atoms with Gasteiger partial charge in [0.2, 0.25) is 5.91 Å². The lowest BCUT2D eigenvalue weighted by atomic mass is 10.0. The van der Waals surface area contributed by atoms with Gasteiger partial charge in [-0.2, -0.15) is 0 Å². The first-order valence-electron chi connectivity index (χ1n) is 5.90. The third-order valence-electron chi connectivity index (χ3n) is 2.63. The highest BCUT2D eigenvalue weighted by Crippen LogP contribution is 2.07. The summed E-state index contributed by atoms with van der Waals surface area (Å²) in [7, 11) is 1.58. The van der Waals surface area contributed by atoms with Gasteiger partial charge in [-0.25, -0.2) is 0 Å². The van der Waals surface area contributed by atoms with Crippen LogP contribution in [0.2, 0.25) is 0 Å². The van der Waals surface area contributed by atoms with Crippen LogP contribution in [0.25, 0.3) is 0 Å². The molecular weight excluding hydrogens is 232 g/mol. The van der Waals surface area contributed by atoms with Gasteiger partial charge in [0, 0.05) is 39.1 Å². The van der Waals surface area contributed by atoms with Gasteiger partial charge in [0.1, 0.15) is 0 Å². The largest absolute Gasteiger partial charge is 0.388 e. The summed E-state index contributed by atoms with van der Waals surface area (Å²) in [6, 6.07) is 3.59. The number of rotatable bonds is 7. The molecule has 0 bridgehead atoms. The van der Waals surface area contributed by atoms with Gasteiger partial charge in [0.15, 0.2) is 0 Å². The molecule has 1 unspecified atom stereocenters. The van der Waals surface area contributed by atoms with Crippen LogP contribution in [0.15, 0.2) is 24.5 Å². The van der Waals surface area contributed by atoms with Crippen LogP contribution in [-0.4, -0.2) is 41.9 Å². The first kappa shape index (κ1) is 14.6. The molecule has 100 valence electrons. The van der Waals surface area contributed by atoms with E-state index in [0.29, 0.717) is 19.4 Å². The molecule has 1 aromatic heterocycles.